The van der Waals surface area contributed by atoms with Crippen LogP contribution in [0.4, 0.5) is 10.1 Å². The number of halogens is 1. The Morgan fingerprint density at radius 2 is 2.19 bits per heavy atom. The minimum atomic E-state index is -1.30. The fourth-order valence-electron chi connectivity index (χ4n) is 1.20. The summed E-state index contributed by atoms with van der Waals surface area (Å²) < 4.78 is 29.9. The van der Waals surface area contributed by atoms with Crippen molar-refractivity contribution in [2.75, 3.05) is 24.7 Å². The maximum absolute atomic E-state index is 12.9. The average molecular weight is 245 g/mol. The number of nitrogens with two attached hydrogens (primary N) is 1. The largest absolute Gasteiger partial charge is 0.398 e. The molecule has 2 N–H and O–H groups in total. The number of rotatable bonds is 6. The second-order valence-corrected chi connectivity index (χ2v) is 4.88. The Balaban J connectivity index is 2.55. The summed E-state index contributed by atoms with van der Waals surface area (Å²) in [5.41, 5.74) is 5.98. The Labute approximate surface area is 97.2 Å². The van der Waals surface area contributed by atoms with Crippen molar-refractivity contribution >= 4 is 16.5 Å². The summed E-state index contributed by atoms with van der Waals surface area (Å²) in [6.07, 6.45) is 0.925. The third kappa shape index (κ3) is 3.90. The highest BCUT2D eigenvalue weighted by Gasteiger charge is 2.09. The molecule has 5 heteroatoms. The van der Waals surface area contributed by atoms with Gasteiger partial charge in [-0.05, 0) is 24.6 Å². The number of nitrogen functional groups attached to an aromatic ring is 1. The van der Waals surface area contributed by atoms with Gasteiger partial charge in [0.05, 0.1) is 28.1 Å². The zero-order valence-electron chi connectivity index (χ0n) is 9.24. The molecule has 0 amide bonds. The number of hydrogen-bond donors (Lipinski definition) is 1. The van der Waals surface area contributed by atoms with E-state index in [2.05, 4.69) is 0 Å². The van der Waals surface area contributed by atoms with Crippen LogP contribution in [0.15, 0.2) is 23.1 Å². The Morgan fingerprint density at radius 1 is 1.44 bits per heavy atom. The SMILES string of the molecule is CCCOCCS(=O)c1cc(F)ccc1N. The smallest absolute Gasteiger partial charge is 0.124 e. The molecule has 1 atom stereocenters. The molecule has 1 unspecified atom stereocenters. The maximum atomic E-state index is 12.9. The zero-order valence-corrected chi connectivity index (χ0v) is 10.1. The molecule has 0 fully saturated rings. The molecule has 0 heterocycles. The van der Waals surface area contributed by atoms with Crippen molar-refractivity contribution < 1.29 is 13.3 Å². The van der Waals surface area contributed by atoms with E-state index in [-0.39, 0.29) is 0 Å². The van der Waals surface area contributed by atoms with Crippen molar-refractivity contribution in [3.05, 3.63) is 24.0 Å². The predicted molar refractivity (Wildman–Crippen MR) is 63.2 cm³/mol. The van der Waals surface area contributed by atoms with Gasteiger partial charge in [0.2, 0.25) is 0 Å². The summed E-state index contributed by atoms with van der Waals surface area (Å²) in [7, 11) is -1.30. The van der Waals surface area contributed by atoms with Crippen LogP contribution < -0.4 is 5.73 Å². The van der Waals surface area contributed by atoms with E-state index in [0.717, 1.165) is 6.42 Å². The van der Waals surface area contributed by atoms with E-state index in [4.69, 9.17) is 10.5 Å². The fraction of sp³-hybridized carbons (Fsp3) is 0.455. The molecular weight excluding hydrogens is 229 g/mol. The molecule has 0 saturated carbocycles. The van der Waals surface area contributed by atoms with E-state index in [1.54, 1.807) is 0 Å². The van der Waals surface area contributed by atoms with Crippen molar-refractivity contribution in [3.8, 4) is 0 Å². The lowest BCUT2D eigenvalue weighted by atomic mass is 10.3. The van der Waals surface area contributed by atoms with Crippen LogP contribution in [0, 0.1) is 5.82 Å². The summed E-state index contributed by atoms with van der Waals surface area (Å²) in [4.78, 5) is 0.347. The minimum absolute atomic E-state index is 0.341. The maximum Gasteiger partial charge on any atom is 0.124 e. The highest BCUT2D eigenvalue weighted by molar-refractivity contribution is 7.85. The number of benzene rings is 1. The second-order valence-electron chi connectivity index (χ2n) is 3.34. The molecule has 1 aromatic carbocycles. The van der Waals surface area contributed by atoms with Crippen LogP contribution in [0.3, 0.4) is 0 Å². The Hall–Kier alpha value is -0.940. The van der Waals surface area contributed by atoms with Gasteiger partial charge in [0.1, 0.15) is 5.82 Å². The fourth-order valence-corrected chi connectivity index (χ4v) is 2.26. The van der Waals surface area contributed by atoms with E-state index < -0.39 is 16.6 Å². The summed E-state index contributed by atoms with van der Waals surface area (Å²) in [6, 6.07) is 3.89. The lowest BCUT2D eigenvalue weighted by molar-refractivity contribution is 0.150. The van der Waals surface area contributed by atoms with E-state index in [1.165, 1.54) is 18.2 Å². The first-order chi connectivity index (χ1) is 7.65. The normalized spacial score (nSPS) is 12.6. The molecular formula is C11H16FNO2S. The molecule has 0 aliphatic rings. The van der Waals surface area contributed by atoms with E-state index in [1.807, 2.05) is 6.92 Å². The molecule has 0 radical (unpaired) electrons. The van der Waals surface area contributed by atoms with E-state index in [9.17, 15) is 8.60 Å². The van der Waals surface area contributed by atoms with Crippen LogP contribution in [-0.2, 0) is 15.5 Å². The lowest BCUT2D eigenvalue weighted by Crippen LogP contribution is -2.09. The van der Waals surface area contributed by atoms with Crippen LogP contribution in [-0.4, -0.2) is 23.2 Å². The summed E-state index contributed by atoms with van der Waals surface area (Å²) in [5.74, 6) is -0.0831. The average Bonchev–Trinajstić information content (AvgIpc) is 2.27. The Kier molecular flexibility index (Phi) is 5.42. The molecule has 0 aliphatic heterocycles. The number of hydrogen-bond acceptors (Lipinski definition) is 3. The van der Waals surface area contributed by atoms with Crippen LogP contribution in [0.25, 0.3) is 0 Å². The van der Waals surface area contributed by atoms with Gasteiger partial charge in [0, 0.05) is 12.3 Å². The third-order valence-electron chi connectivity index (χ3n) is 1.98. The summed E-state index contributed by atoms with van der Waals surface area (Å²) in [6.45, 7) is 3.05. The lowest BCUT2D eigenvalue weighted by Gasteiger charge is -2.06. The van der Waals surface area contributed by atoms with E-state index >= 15 is 0 Å². The quantitative estimate of drug-likeness (QED) is 0.615. The van der Waals surface area contributed by atoms with Gasteiger partial charge in [-0.25, -0.2) is 4.39 Å². The topological polar surface area (TPSA) is 52.3 Å². The second kappa shape index (κ2) is 6.60. The molecule has 1 aromatic rings. The van der Waals surface area contributed by atoms with Gasteiger partial charge < -0.3 is 10.5 Å². The highest BCUT2D eigenvalue weighted by Crippen LogP contribution is 2.17. The zero-order chi connectivity index (χ0) is 12.0. The van der Waals surface area contributed by atoms with Gasteiger partial charge >= 0.3 is 0 Å². The molecule has 16 heavy (non-hydrogen) atoms. The Morgan fingerprint density at radius 3 is 2.88 bits per heavy atom. The number of ether oxygens (including phenoxy) is 1. The molecule has 0 spiro atoms. The van der Waals surface area contributed by atoms with Crippen molar-refractivity contribution in [1.82, 2.24) is 0 Å². The third-order valence-corrected chi connectivity index (χ3v) is 3.36. The number of anilines is 1. The molecule has 0 aromatic heterocycles. The van der Waals surface area contributed by atoms with Gasteiger partial charge in [-0.3, -0.25) is 4.21 Å². The van der Waals surface area contributed by atoms with Gasteiger partial charge in [-0.1, -0.05) is 6.92 Å². The first-order valence-electron chi connectivity index (χ1n) is 5.16. The minimum Gasteiger partial charge on any atom is -0.398 e. The van der Waals surface area contributed by atoms with Gasteiger partial charge in [-0.2, -0.15) is 0 Å². The molecule has 0 bridgehead atoms. The first-order valence-corrected chi connectivity index (χ1v) is 6.48. The van der Waals surface area contributed by atoms with Gasteiger partial charge in [0.15, 0.2) is 0 Å². The highest BCUT2D eigenvalue weighted by atomic mass is 32.2. The van der Waals surface area contributed by atoms with Crippen LogP contribution in [0.2, 0.25) is 0 Å². The molecule has 3 nitrogen and oxygen atoms in total. The van der Waals surface area contributed by atoms with Crippen LogP contribution in [0.5, 0.6) is 0 Å². The van der Waals surface area contributed by atoms with Crippen molar-refractivity contribution in [3.63, 3.8) is 0 Å². The van der Waals surface area contributed by atoms with Crippen LogP contribution in [0.1, 0.15) is 13.3 Å². The summed E-state index contributed by atoms with van der Waals surface area (Å²) >= 11 is 0. The standard InChI is InChI=1S/C11H16FNO2S/c1-2-5-15-6-7-16(14)11-8-9(12)3-4-10(11)13/h3-4,8H,2,5-7,13H2,1H3. The van der Waals surface area contributed by atoms with Crippen molar-refractivity contribution in [2.24, 2.45) is 0 Å². The predicted octanol–water partition coefficient (Wildman–Crippen LogP) is 1.94. The van der Waals surface area contributed by atoms with Crippen molar-refractivity contribution in [1.29, 1.82) is 0 Å². The Bertz CT molecular complexity index is 371. The monoisotopic (exact) mass is 245 g/mol. The van der Waals surface area contributed by atoms with Crippen molar-refractivity contribution in [2.45, 2.75) is 18.2 Å². The molecule has 1 rings (SSSR count). The van der Waals surface area contributed by atoms with Gasteiger partial charge in [-0.15, -0.1) is 0 Å². The van der Waals surface area contributed by atoms with Gasteiger partial charge in [0.25, 0.3) is 0 Å². The van der Waals surface area contributed by atoms with E-state index in [0.29, 0.717) is 29.5 Å². The molecule has 90 valence electrons. The molecule has 0 aliphatic carbocycles. The summed E-state index contributed by atoms with van der Waals surface area (Å²) in [5, 5.41) is 0. The first kappa shape index (κ1) is 13.1. The van der Waals surface area contributed by atoms with Crippen LogP contribution >= 0.6 is 0 Å². The molecule has 0 saturated heterocycles.